The zero-order valence-electron chi connectivity index (χ0n) is 12.5. The molecule has 1 aliphatic rings. The van der Waals surface area contributed by atoms with Gasteiger partial charge in [0.15, 0.2) is 5.89 Å². The van der Waals surface area contributed by atoms with Crippen molar-refractivity contribution in [3.05, 3.63) is 36.1 Å². The summed E-state index contributed by atoms with van der Waals surface area (Å²) >= 11 is 0. The van der Waals surface area contributed by atoms with Gasteiger partial charge in [0.1, 0.15) is 0 Å². The predicted octanol–water partition coefficient (Wildman–Crippen LogP) is 2.04. The van der Waals surface area contributed by atoms with Gasteiger partial charge in [0.05, 0.1) is 12.0 Å². The first kappa shape index (κ1) is 13.9. The molecule has 0 aromatic carbocycles. The Balaban J connectivity index is 1.58. The van der Waals surface area contributed by atoms with E-state index in [2.05, 4.69) is 14.5 Å². The van der Waals surface area contributed by atoms with Crippen LogP contribution in [0.3, 0.4) is 0 Å². The number of nitrogens with zero attached hydrogens (tertiary/aromatic N) is 4. The maximum Gasteiger partial charge on any atom is 0.291 e. The average Bonchev–Trinajstić information content (AvgIpc) is 3.08. The number of hydrogen-bond donors (Lipinski definition) is 0. The molecule has 1 fully saturated rings. The van der Waals surface area contributed by atoms with Crippen molar-refractivity contribution in [3.63, 3.8) is 0 Å². The molecule has 1 aliphatic heterocycles. The second-order valence-electron chi connectivity index (χ2n) is 5.64. The highest BCUT2D eigenvalue weighted by molar-refractivity contribution is 5.92. The molecule has 1 amide bonds. The highest BCUT2D eigenvalue weighted by Gasteiger charge is 2.27. The van der Waals surface area contributed by atoms with Crippen LogP contribution in [0.4, 0.5) is 0 Å². The van der Waals surface area contributed by atoms with Crippen molar-refractivity contribution in [3.8, 4) is 0 Å². The SMILES string of the molecule is Cc1nc(C)c(C(=O)N2CCC(Cn3ccnc3)CC2)o1. The van der Waals surface area contributed by atoms with E-state index in [9.17, 15) is 4.79 Å². The number of carbonyl (C=O) groups is 1. The fraction of sp³-hybridized carbons (Fsp3) is 0.533. The molecule has 2 aromatic rings. The third-order valence-electron chi connectivity index (χ3n) is 4.03. The summed E-state index contributed by atoms with van der Waals surface area (Å²) in [6.45, 7) is 6.11. The van der Waals surface area contributed by atoms with Crippen molar-refractivity contribution in [1.82, 2.24) is 19.4 Å². The van der Waals surface area contributed by atoms with Crippen LogP contribution < -0.4 is 0 Å². The number of aromatic nitrogens is 3. The van der Waals surface area contributed by atoms with E-state index in [4.69, 9.17) is 4.42 Å². The summed E-state index contributed by atoms with van der Waals surface area (Å²) in [5.41, 5.74) is 0.679. The van der Waals surface area contributed by atoms with E-state index in [1.54, 1.807) is 13.1 Å². The lowest BCUT2D eigenvalue weighted by atomic mass is 9.96. The Bertz CT molecular complexity index is 610. The zero-order valence-corrected chi connectivity index (χ0v) is 12.5. The van der Waals surface area contributed by atoms with Crippen LogP contribution in [0.1, 0.15) is 35.0 Å². The van der Waals surface area contributed by atoms with Crippen molar-refractivity contribution < 1.29 is 9.21 Å². The smallest absolute Gasteiger partial charge is 0.291 e. The topological polar surface area (TPSA) is 64.2 Å². The Labute approximate surface area is 123 Å². The number of rotatable bonds is 3. The minimum atomic E-state index is -0.0332. The van der Waals surface area contributed by atoms with Gasteiger partial charge in [-0.1, -0.05) is 0 Å². The van der Waals surface area contributed by atoms with Gasteiger partial charge in [-0.3, -0.25) is 4.79 Å². The Morgan fingerprint density at radius 2 is 2.14 bits per heavy atom. The molecule has 1 saturated heterocycles. The standard InChI is InChI=1S/C15H20N4O2/c1-11-14(21-12(2)17-11)15(20)19-6-3-13(4-7-19)9-18-8-5-16-10-18/h5,8,10,13H,3-4,6-7,9H2,1-2H3. The van der Waals surface area contributed by atoms with Crippen LogP contribution in [0.25, 0.3) is 0 Å². The molecule has 21 heavy (non-hydrogen) atoms. The summed E-state index contributed by atoms with van der Waals surface area (Å²) in [6, 6.07) is 0. The third kappa shape index (κ3) is 2.99. The fourth-order valence-electron chi connectivity index (χ4n) is 2.88. The van der Waals surface area contributed by atoms with Gasteiger partial charge in [-0.05, 0) is 25.7 Å². The summed E-state index contributed by atoms with van der Waals surface area (Å²) in [6.07, 6.45) is 7.65. The predicted molar refractivity (Wildman–Crippen MR) is 76.8 cm³/mol. The number of imidazole rings is 1. The van der Waals surface area contributed by atoms with Gasteiger partial charge in [-0.25, -0.2) is 9.97 Å². The Hall–Kier alpha value is -2.11. The first-order valence-electron chi connectivity index (χ1n) is 7.32. The monoisotopic (exact) mass is 288 g/mol. The minimum Gasteiger partial charge on any atom is -0.436 e. The molecule has 0 unspecified atom stereocenters. The van der Waals surface area contributed by atoms with E-state index >= 15 is 0 Å². The molecule has 0 aliphatic carbocycles. The van der Waals surface area contributed by atoms with Crippen LogP contribution in [-0.2, 0) is 6.54 Å². The van der Waals surface area contributed by atoms with Crippen molar-refractivity contribution in [2.75, 3.05) is 13.1 Å². The summed E-state index contributed by atoms with van der Waals surface area (Å²) < 4.78 is 7.53. The van der Waals surface area contributed by atoms with E-state index in [0.29, 0.717) is 23.3 Å². The number of amides is 1. The lowest BCUT2D eigenvalue weighted by Crippen LogP contribution is -2.39. The summed E-state index contributed by atoms with van der Waals surface area (Å²) in [5, 5.41) is 0. The quantitative estimate of drug-likeness (QED) is 0.867. The first-order chi connectivity index (χ1) is 10.1. The summed E-state index contributed by atoms with van der Waals surface area (Å²) in [7, 11) is 0. The largest absolute Gasteiger partial charge is 0.436 e. The molecule has 6 heteroatoms. The molecule has 3 heterocycles. The van der Waals surface area contributed by atoms with Crippen molar-refractivity contribution in [2.45, 2.75) is 33.2 Å². The second-order valence-corrected chi connectivity index (χ2v) is 5.64. The summed E-state index contributed by atoms with van der Waals surface area (Å²) in [4.78, 5) is 22.5. The van der Waals surface area contributed by atoms with Gasteiger partial charge in [0.2, 0.25) is 5.76 Å². The molecule has 112 valence electrons. The highest BCUT2D eigenvalue weighted by atomic mass is 16.4. The fourth-order valence-corrected chi connectivity index (χ4v) is 2.88. The molecule has 0 saturated carbocycles. The molecular formula is C15H20N4O2. The van der Waals surface area contributed by atoms with Crippen LogP contribution in [-0.4, -0.2) is 38.4 Å². The van der Waals surface area contributed by atoms with Crippen molar-refractivity contribution in [1.29, 1.82) is 0 Å². The van der Waals surface area contributed by atoms with Crippen LogP contribution in [0.5, 0.6) is 0 Å². The normalized spacial score (nSPS) is 16.4. The number of carbonyl (C=O) groups excluding carboxylic acids is 1. The van der Waals surface area contributed by atoms with Gasteiger partial charge in [-0.2, -0.15) is 0 Å². The van der Waals surface area contributed by atoms with Gasteiger partial charge in [0.25, 0.3) is 5.91 Å². The van der Waals surface area contributed by atoms with Crippen molar-refractivity contribution in [2.24, 2.45) is 5.92 Å². The lowest BCUT2D eigenvalue weighted by molar-refractivity contribution is 0.0648. The molecule has 0 radical (unpaired) electrons. The number of oxazole rings is 1. The van der Waals surface area contributed by atoms with E-state index in [0.717, 1.165) is 32.5 Å². The van der Waals surface area contributed by atoms with Crippen LogP contribution in [0, 0.1) is 19.8 Å². The highest BCUT2D eigenvalue weighted by Crippen LogP contribution is 2.22. The van der Waals surface area contributed by atoms with E-state index in [1.807, 2.05) is 24.3 Å². The van der Waals surface area contributed by atoms with E-state index in [-0.39, 0.29) is 5.91 Å². The van der Waals surface area contributed by atoms with E-state index < -0.39 is 0 Å². The zero-order chi connectivity index (χ0) is 14.8. The molecule has 0 N–H and O–H groups in total. The van der Waals surface area contributed by atoms with Gasteiger partial charge < -0.3 is 13.9 Å². The van der Waals surface area contributed by atoms with Crippen LogP contribution >= 0.6 is 0 Å². The third-order valence-corrected chi connectivity index (χ3v) is 4.03. The molecule has 0 bridgehead atoms. The maximum absolute atomic E-state index is 12.4. The number of piperidine rings is 1. The molecule has 0 atom stereocenters. The summed E-state index contributed by atoms with van der Waals surface area (Å²) in [5.74, 6) is 1.50. The Kier molecular flexibility index (Phi) is 3.77. The number of likely N-dealkylation sites (tertiary alicyclic amines) is 1. The Morgan fingerprint density at radius 3 is 2.71 bits per heavy atom. The van der Waals surface area contributed by atoms with Gasteiger partial charge >= 0.3 is 0 Å². The molecule has 0 spiro atoms. The molecule has 2 aromatic heterocycles. The maximum atomic E-state index is 12.4. The second kappa shape index (κ2) is 5.71. The van der Waals surface area contributed by atoms with Crippen LogP contribution in [0.2, 0.25) is 0 Å². The van der Waals surface area contributed by atoms with Gasteiger partial charge in [-0.15, -0.1) is 0 Å². The average molecular weight is 288 g/mol. The molecular weight excluding hydrogens is 268 g/mol. The Morgan fingerprint density at radius 1 is 1.38 bits per heavy atom. The van der Waals surface area contributed by atoms with Crippen molar-refractivity contribution >= 4 is 5.91 Å². The number of hydrogen-bond acceptors (Lipinski definition) is 4. The molecule has 3 rings (SSSR count). The molecule has 6 nitrogen and oxygen atoms in total. The van der Waals surface area contributed by atoms with Crippen LogP contribution in [0.15, 0.2) is 23.1 Å². The first-order valence-corrected chi connectivity index (χ1v) is 7.32. The van der Waals surface area contributed by atoms with E-state index in [1.165, 1.54) is 0 Å². The van der Waals surface area contributed by atoms with Gasteiger partial charge in [0, 0.05) is 39.0 Å². The lowest BCUT2D eigenvalue weighted by Gasteiger charge is -2.31. The number of aryl methyl sites for hydroxylation is 2. The minimum absolute atomic E-state index is 0.0332.